The molecule has 0 saturated carbocycles. The predicted octanol–water partition coefficient (Wildman–Crippen LogP) is 1.33. The molecule has 2 heterocycles. The van der Waals surface area contributed by atoms with Gasteiger partial charge >= 0.3 is 0 Å². The summed E-state index contributed by atoms with van der Waals surface area (Å²) < 4.78 is 6.77. The fourth-order valence-corrected chi connectivity index (χ4v) is 1.80. The lowest BCUT2D eigenvalue weighted by Crippen LogP contribution is -2.11. The smallest absolute Gasteiger partial charge is 0.241 e. The van der Waals surface area contributed by atoms with Gasteiger partial charge in [0.2, 0.25) is 17.8 Å². The van der Waals surface area contributed by atoms with E-state index in [1.165, 1.54) is 0 Å². The Morgan fingerprint density at radius 2 is 2.00 bits per heavy atom. The summed E-state index contributed by atoms with van der Waals surface area (Å²) in [7, 11) is 3.50. The summed E-state index contributed by atoms with van der Waals surface area (Å²) in [5, 5.41) is 6.16. The van der Waals surface area contributed by atoms with E-state index in [0.29, 0.717) is 17.8 Å². The van der Waals surface area contributed by atoms with Crippen LogP contribution in [0.5, 0.6) is 0 Å². The van der Waals surface area contributed by atoms with Crippen LogP contribution in [-0.2, 0) is 4.74 Å². The topological polar surface area (TPSA) is 89.8 Å². The van der Waals surface area contributed by atoms with Gasteiger partial charge in [0, 0.05) is 39.7 Å². The number of imidazole rings is 1. The number of nitrogens with zero attached hydrogens (tertiary/aromatic N) is 5. The van der Waals surface area contributed by atoms with Crippen molar-refractivity contribution >= 4 is 11.9 Å². The van der Waals surface area contributed by atoms with E-state index >= 15 is 0 Å². The van der Waals surface area contributed by atoms with Crippen molar-refractivity contribution < 1.29 is 4.74 Å². The van der Waals surface area contributed by atoms with E-state index in [-0.39, 0.29) is 0 Å². The first-order valence-electron chi connectivity index (χ1n) is 6.98. The third-order valence-electron chi connectivity index (χ3n) is 2.89. The van der Waals surface area contributed by atoms with Crippen molar-refractivity contribution in [1.29, 1.82) is 0 Å². The van der Waals surface area contributed by atoms with Crippen LogP contribution in [-0.4, -0.2) is 51.8 Å². The maximum atomic E-state index is 5.02. The average molecular weight is 291 g/mol. The van der Waals surface area contributed by atoms with Crippen LogP contribution < -0.4 is 10.6 Å². The van der Waals surface area contributed by atoms with Gasteiger partial charge in [-0.1, -0.05) is 0 Å². The van der Waals surface area contributed by atoms with Crippen LogP contribution in [0, 0.1) is 0 Å². The van der Waals surface area contributed by atoms with Crippen LogP contribution in [0.4, 0.5) is 11.9 Å². The number of anilines is 2. The van der Waals surface area contributed by atoms with Gasteiger partial charge < -0.3 is 15.4 Å². The number of hydrogen-bond donors (Lipinski definition) is 2. The zero-order valence-corrected chi connectivity index (χ0v) is 12.4. The van der Waals surface area contributed by atoms with Gasteiger partial charge in [0.25, 0.3) is 0 Å². The minimum absolute atomic E-state index is 0.524. The maximum absolute atomic E-state index is 5.02. The van der Waals surface area contributed by atoms with Crippen molar-refractivity contribution in [3.8, 4) is 5.95 Å². The van der Waals surface area contributed by atoms with Crippen molar-refractivity contribution in [2.24, 2.45) is 0 Å². The van der Waals surface area contributed by atoms with E-state index in [4.69, 9.17) is 4.74 Å². The number of methoxy groups -OCH3 is 1. The molecule has 21 heavy (non-hydrogen) atoms. The molecule has 0 aliphatic heterocycles. The minimum Gasteiger partial charge on any atom is -0.385 e. The quantitative estimate of drug-likeness (QED) is 0.673. The second-order valence-electron chi connectivity index (χ2n) is 4.48. The van der Waals surface area contributed by atoms with E-state index in [9.17, 15) is 0 Å². The molecule has 0 fully saturated rings. The number of ether oxygens (including phenoxy) is 1. The Balaban J connectivity index is 1.94. The van der Waals surface area contributed by atoms with Gasteiger partial charge in [-0.15, -0.1) is 0 Å². The standard InChI is InChI=1S/C13H21N7O/c1-14-11-17-12(16-6-4-3-5-9-21-2)19-13(18-11)20-8-7-15-10-20/h7-8,10H,3-6,9H2,1-2H3,(H2,14,16,17,18,19). The predicted molar refractivity (Wildman–Crippen MR) is 80.7 cm³/mol. The molecular weight excluding hydrogens is 270 g/mol. The fraction of sp³-hybridized carbons (Fsp3) is 0.538. The van der Waals surface area contributed by atoms with Crippen molar-refractivity contribution in [2.45, 2.75) is 19.3 Å². The Kier molecular flexibility index (Phi) is 5.89. The molecule has 0 aliphatic carbocycles. The summed E-state index contributed by atoms with van der Waals surface area (Å²) in [5.74, 6) is 1.62. The number of nitrogens with one attached hydrogen (secondary N) is 2. The lowest BCUT2D eigenvalue weighted by molar-refractivity contribution is 0.192. The highest BCUT2D eigenvalue weighted by molar-refractivity contribution is 5.37. The van der Waals surface area contributed by atoms with Crippen LogP contribution in [0.25, 0.3) is 5.95 Å². The number of unbranched alkanes of at least 4 members (excludes halogenated alkanes) is 2. The van der Waals surface area contributed by atoms with E-state index in [1.807, 2.05) is 0 Å². The first-order valence-corrected chi connectivity index (χ1v) is 6.98. The molecule has 0 atom stereocenters. The third kappa shape index (κ3) is 4.67. The van der Waals surface area contributed by atoms with E-state index in [1.54, 1.807) is 37.4 Å². The average Bonchev–Trinajstić information content (AvgIpc) is 3.05. The molecule has 0 radical (unpaired) electrons. The highest BCUT2D eigenvalue weighted by Gasteiger charge is 2.06. The minimum atomic E-state index is 0.524. The molecule has 2 N–H and O–H groups in total. The summed E-state index contributed by atoms with van der Waals surface area (Å²) >= 11 is 0. The Hall–Kier alpha value is -2.22. The summed E-state index contributed by atoms with van der Waals surface area (Å²) in [6.45, 7) is 1.63. The van der Waals surface area contributed by atoms with Crippen LogP contribution in [0.1, 0.15) is 19.3 Å². The van der Waals surface area contributed by atoms with Gasteiger partial charge in [0.05, 0.1) is 0 Å². The summed E-state index contributed by atoms with van der Waals surface area (Å²) in [6.07, 6.45) is 8.36. The first kappa shape index (κ1) is 15.2. The van der Waals surface area contributed by atoms with Gasteiger partial charge in [-0.25, -0.2) is 4.98 Å². The van der Waals surface area contributed by atoms with Gasteiger partial charge in [0.1, 0.15) is 6.33 Å². The number of aromatic nitrogens is 5. The van der Waals surface area contributed by atoms with Crippen LogP contribution >= 0.6 is 0 Å². The molecule has 114 valence electrons. The monoisotopic (exact) mass is 291 g/mol. The Bertz CT molecular complexity index is 529. The molecule has 0 unspecified atom stereocenters. The zero-order chi connectivity index (χ0) is 14.9. The van der Waals surface area contributed by atoms with Crippen molar-refractivity contribution in [1.82, 2.24) is 24.5 Å². The fourth-order valence-electron chi connectivity index (χ4n) is 1.80. The Labute approximate surface area is 124 Å². The largest absolute Gasteiger partial charge is 0.385 e. The molecule has 0 bridgehead atoms. The number of rotatable bonds is 9. The van der Waals surface area contributed by atoms with Gasteiger partial charge in [0.15, 0.2) is 0 Å². The summed E-state index contributed by atoms with van der Waals surface area (Å²) in [4.78, 5) is 17.0. The lowest BCUT2D eigenvalue weighted by Gasteiger charge is -2.08. The highest BCUT2D eigenvalue weighted by Crippen LogP contribution is 2.09. The van der Waals surface area contributed by atoms with Crippen molar-refractivity contribution in [3.05, 3.63) is 18.7 Å². The molecule has 2 aromatic rings. The molecule has 0 spiro atoms. The molecule has 8 heteroatoms. The summed E-state index contributed by atoms with van der Waals surface area (Å²) in [5.41, 5.74) is 0. The molecule has 0 saturated heterocycles. The molecule has 0 amide bonds. The maximum Gasteiger partial charge on any atom is 0.241 e. The first-order chi connectivity index (χ1) is 10.3. The molecule has 0 aromatic carbocycles. The van der Waals surface area contributed by atoms with Gasteiger partial charge in [-0.2, -0.15) is 15.0 Å². The van der Waals surface area contributed by atoms with Gasteiger partial charge in [-0.05, 0) is 19.3 Å². The molecule has 2 aromatic heterocycles. The van der Waals surface area contributed by atoms with Crippen molar-refractivity contribution in [2.75, 3.05) is 37.9 Å². The molecular formula is C13H21N7O. The Morgan fingerprint density at radius 1 is 1.14 bits per heavy atom. The van der Waals surface area contributed by atoms with Crippen molar-refractivity contribution in [3.63, 3.8) is 0 Å². The van der Waals surface area contributed by atoms with E-state index < -0.39 is 0 Å². The number of hydrogen-bond acceptors (Lipinski definition) is 7. The molecule has 2 rings (SSSR count). The van der Waals surface area contributed by atoms with E-state index in [2.05, 4.69) is 30.6 Å². The molecule has 8 nitrogen and oxygen atoms in total. The Morgan fingerprint density at radius 3 is 2.71 bits per heavy atom. The second-order valence-corrected chi connectivity index (χ2v) is 4.48. The second kappa shape index (κ2) is 8.15. The highest BCUT2D eigenvalue weighted by atomic mass is 16.5. The zero-order valence-electron chi connectivity index (χ0n) is 12.4. The van der Waals surface area contributed by atoms with Crippen LogP contribution in [0.15, 0.2) is 18.7 Å². The SMILES string of the molecule is CNc1nc(NCCCCCOC)nc(-n2ccnc2)n1. The normalized spacial score (nSPS) is 10.6. The molecule has 0 aliphatic rings. The van der Waals surface area contributed by atoms with E-state index in [0.717, 1.165) is 32.4 Å². The van der Waals surface area contributed by atoms with Gasteiger partial charge in [-0.3, -0.25) is 4.57 Å². The third-order valence-corrected chi connectivity index (χ3v) is 2.89. The van der Waals surface area contributed by atoms with Crippen LogP contribution in [0.3, 0.4) is 0 Å². The summed E-state index contributed by atoms with van der Waals surface area (Å²) in [6, 6.07) is 0. The van der Waals surface area contributed by atoms with Crippen LogP contribution in [0.2, 0.25) is 0 Å². The lowest BCUT2D eigenvalue weighted by atomic mass is 10.2.